The number of hydrogen-bond acceptors (Lipinski definition) is 4. The third-order valence-corrected chi connectivity index (χ3v) is 4.68. The highest BCUT2D eigenvalue weighted by Crippen LogP contribution is 2.26. The first-order chi connectivity index (χ1) is 11.4. The van der Waals surface area contributed by atoms with Gasteiger partial charge in [0, 0.05) is 19.0 Å². The van der Waals surface area contributed by atoms with Crippen molar-refractivity contribution in [3.8, 4) is 5.75 Å². The Morgan fingerprint density at radius 1 is 1.17 bits per heavy atom. The van der Waals surface area contributed by atoms with Crippen molar-refractivity contribution in [2.45, 2.75) is 25.4 Å². The number of hydrogen-bond donors (Lipinski definition) is 1. The number of para-hydroxylation sites is 1. The van der Waals surface area contributed by atoms with E-state index in [1.54, 1.807) is 16.7 Å². The number of carbonyl (C=O) groups excluding carboxylic acids is 2. The van der Waals surface area contributed by atoms with Crippen molar-refractivity contribution in [1.29, 1.82) is 0 Å². The fourth-order valence-corrected chi connectivity index (χ4v) is 3.32. The Morgan fingerprint density at radius 3 is 2.38 bits per heavy atom. The second kappa shape index (κ2) is 6.81. The number of β-amino-alcohol motifs (C(OH)–C–C–N with tert-alkyl or cyclic N) is 1. The fraction of sp³-hybridized carbons (Fsp3) is 0.556. The molecule has 3 rings (SSSR count). The first-order valence-corrected chi connectivity index (χ1v) is 8.41. The minimum Gasteiger partial charge on any atom is -0.484 e. The maximum atomic E-state index is 12.3. The lowest BCUT2D eigenvalue weighted by Gasteiger charge is -2.46. The van der Waals surface area contributed by atoms with Crippen LogP contribution in [-0.4, -0.2) is 65.1 Å². The smallest absolute Gasteiger partial charge is 0.260 e. The van der Waals surface area contributed by atoms with E-state index in [9.17, 15) is 14.7 Å². The minimum atomic E-state index is -0.735. The molecule has 0 unspecified atom stereocenters. The zero-order valence-electron chi connectivity index (χ0n) is 14.0. The molecule has 6 heteroatoms. The third kappa shape index (κ3) is 3.87. The van der Waals surface area contributed by atoms with Crippen LogP contribution in [0.25, 0.3) is 0 Å². The van der Waals surface area contributed by atoms with Crippen LogP contribution in [-0.2, 0) is 9.59 Å². The van der Waals surface area contributed by atoms with E-state index in [1.807, 2.05) is 30.3 Å². The van der Waals surface area contributed by atoms with E-state index < -0.39 is 5.60 Å². The Kier molecular flexibility index (Phi) is 4.76. The summed E-state index contributed by atoms with van der Waals surface area (Å²) in [7, 11) is 0. The molecule has 2 saturated heterocycles. The van der Waals surface area contributed by atoms with Crippen molar-refractivity contribution in [3.63, 3.8) is 0 Å². The molecule has 0 aliphatic carbocycles. The molecule has 0 atom stereocenters. The highest BCUT2D eigenvalue weighted by molar-refractivity contribution is 5.81. The zero-order chi connectivity index (χ0) is 17.2. The summed E-state index contributed by atoms with van der Waals surface area (Å²) in [5.41, 5.74) is -0.735. The van der Waals surface area contributed by atoms with Gasteiger partial charge in [-0.15, -0.1) is 0 Å². The molecular formula is C18H24N2O4. The van der Waals surface area contributed by atoms with Crippen LogP contribution in [0.15, 0.2) is 30.3 Å². The van der Waals surface area contributed by atoms with Gasteiger partial charge in [0.25, 0.3) is 5.91 Å². The summed E-state index contributed by atoms with van der Waals surface area (Å²) in [6, 6.07) is 9.27. The van der Waals surface area contributed by atoms with Gasteiger partial charge in [0.15, 0.2) is 6.61 Å². The Balaban J connectivity index is 1.41. The molecule has 0 aromatic heterocycles. The van der Waals surface area contributed by atoms with Crippen molar-refractivity contribution in [2.75, 3.05) is 32.8 Å². The number of ether oxygens (including phenoxy) is 1. The Bertz CT molecular complexity index is 586. The number of aliphatic hydroxyl groups is 1. The van der Waals surface area contributed by atoms with Crippen LogP contribution in [0.5, 0.6) is 5.75 Å². The number of rotatable bonds is 4. The van der Waals surface area contributed by atoms with Gasteiger partial charge in [-0.1, -0.05) is 18.2 Å². The Labute approximate surface area is 142 Å². The van der Waals surface area contributed by atoms with Gasteiger partial charge in [0.1, 0.15) is 5.75 Å². The first kappa shape index (κ1) is 16.8. The van der Waals surface area contributed by atoms with Crippen LogP contribution >= 0.6 is 0 Å². The molecule has 0 bridgehead atoms. The van der Waals surface area contributed by atoms with Crippen molar-refractivity contribution in [3.05, 3.63) is 30.3 Å². The van der Waals surface area contributed by atoms with Gasteiger partial charge < -0.3 is 19.6 Å². The van der Waals surface area contributed by atoms with Crippen molar-refractivity contribution in [1.82, 2.24) is 9.80 Å². The third-order valence-electron chi connectivity index (χ3n) is 4.68. The molecule has 0 radical (unpaired) electrons. The second-order valence-electron chi connectivity index (χ2n) is 6.95. The van der Waals surface area contributed by atoms with Crippen molar-refractivity contribution >= 4 is 11.8 Å². The van der Waals surface area contributed by atoms with Gasteiger partial charge >= 0.3 is 0 Å². The predicted octanol–water partition coefficient (Wildman–Crippen LogP) is 0.897. The lowest BCUT2D eigenvalue weighted by Crippen LogP contribution is -2.63. The minimum absolute atomic E-state index is 0.0254. The maximum absolute atomic E-state index is 12.3. The molecule has 2 fully saturated rings. The quantitative estimate of drug-likeness (QED) is 0.889. The van der Waals surface area contributed by atoms with Gasteiger partial charge in [0.2, 0.25) is 5.91 Å². The topological polar surface area (TPSA) is 70.1 Å². The number of benzene rings is 1. The maximum Gasteiger partial charge on any atom is 0.260 e. The van der Waals surface area contributed by atoms with E-state index in [1.165, 1.54) is 0 Å². The summed E-state index contributed by atoms with van der Waals surface area (Å²) in [5, 5.41) is 9.74. The average Bonchev–Trinajstić information content (AvgIpc) is 2.58. The van der Waals surface area contributed by atoms with Gasteiger partial charge in [-0.2, -0.15) is 0 Å². The van der Waals surface area contributed by atoms with E-state index in [2.05, 4.69) is 0 Å². The van der Waals surface area contributed by atoms with Crippen LogP contribution in [0.3, 0.4) is 0 Å². The van der Waals surface area contributed by atoms with Gasteiger partial charge in [-0.05, 0) is 31.9 Å². The highest BCUT2D eigenvalue weighted by Gasteiger charge is 2.42. The number of piperidine rings is 1. The van der Waals surface area contributed by atoms with E-state index in [0.29, 0.717) is 44.8 Å². The molecule has 130 valence electrons. The molecule has 24 heavy (non-hydrogen) atoms. The SMILES string of the molecule is CC1(O)CN(C(=O)C2CCN(C(=O)COc3ccccc3)CC2)C1. The lowest BCUT2D eigenvalue weighted by atomic mass is 9.90. The number of likely N-dealkylation sites (tertiary alicyclic amines) is 2. The Morgan fingerprint density at radius 2 is 1.79 bits per heavy atom. The van der Waals surface area contributed by atoms with Crippen LogP contribution in [0, 0.1) is 5.92 Å². The second-order valence-corrected chi connectivity index (χ2v) is 6.95. The van der Waals surface area contributed by atoms with Gasteiger partial charge in [0.05, 0.1) is 18.7 Å². The summed E-state index contributed by atoms with van der Waals surface area (Å²) >= 11 is 0. The molecular weight excluding hydrogens is 308 g/mol. The van der Waals surface area contributed by atoms with Gasteiger partial charge in [-0.25, -0.2) is 0 Å². The summed E-state index contributed by atoms with van der Waals surface area (Å²) in [4.78, 5) is 28.0. The molecule has 2 amide bonds. The summed E-state index contributed by atoms with van der Waals surface area (Å²) in [6.45, 7) is 3.75. The molecule has 0 spiro atoms. The fourth-order valence-electron chi connectivity index (χ4n) is 3.32. The van der Waals surface area contributed by atoms with E-state index >= 15 is 0 Å². The molecule has 1 N–H and O–H groups in total. The average molecular weight is 332 g/mol. The zero-order valence-corrected chi connectivity index (χ0v) is 14.0. The normalized spacial score (nSPS) is 20.4. The standard InChI is InChI=1S/C18H24N2O4/c1-18(23)12-20(13-18)17(22)14-7-9-19(10-8-14)16(21)11-24-15-5-3-2-4-6-15/h2-6,14,23H,7-13H2,1H3. The molecule has 0 saturated carbocycles. The van der Waals surface area contributed by atoms with E-state index in [4.69, 9.17) is 4.74 Å². The van der Waals surface area contributed by atoms with Gasteiger partial charge in [-0.3, -0.25) is 9.59 Å². The molecule has 6 nitrogen and oxygen atoms in total. The number of nitrogens with zero attached hydrogens (tertiary/aromatic N) is 2. The highest BCUT2D eigenvalue weighted by atomic mass is 16.5. The molecule has 1 aromatic carbocycles. The van der Waals surface area contributed by atoms with E-state index in [0.717, 1.165) is 0 Å². The first-order valence-electron chi connectivity index (χ1n) is 8.41. The molecule has 2 aliphatic heterocycles. The molecule has 2 aliphatic rings. The van der Waals surface area contributed by atoms with Crippen LogP contribution in [0.4, 0.5) is 0 Å². The molecule has 2 heterocycles. The van der Waals surface area contributed by atoms with Crippen molar-refractivity contribution < 1.29 is 19.4 Å². The van der Waals surface area contributed by atoms with Crippen LogP contribution in [0.2, 0.25) is 0 Å². The molecule has 1 aromatic rings. The van der Waals surface area contributed by atoms with Crippen molar-refractivity contribution in [2.24, 2.45) is 5.92 Å². The summed E-state index contributed by atoms with van der Waals surface area (Å²) in [6.07, 6.45) is 1.35. The number of amides is 2. The summed E-state index contributed by atoms with van der Waals surface area (Å²) in [5.74, 6) is 0.701. The predicted molar refractivity (Wildman–Crippen MR) is 88.4 cm³/mol. The van der Waals surface area contributed by atoms with Crippen LogP contribution < -0.4 is 4.74 Å². The lowest BCUT2D eigenvalue weighted by molar-refractivity contribution is -0.159. The van der Waals surface area contributed by atoms with Crippen LogP contribution in [0.1, 0.15) is 19.8 Å². The Hall–Kier alpha value is -2.08. The summed E-state index contributed by atoms with van der Waals surface area (Å²) < 4.78 is 5.49. The monoisotopic (exact) mass is 332 g/mol. The largest absolute Gasteiger partial charge is 0.484 e. The van der Waals surface area contributed by atoms with E-state index in [-0.39, 0.29) is 24.3 Å². The number of carbonyl (C=O) groups is 2.